The maximum atomic E-state index is 12.0. The number of rotatable bonds is 8. The van der Waals surface area contributed by atoms with Crippen molar-refractivity contribution in [3.63, 3.8) is 0 Å². The molecule has 0 aliphatic heterocycles. The van der Waals surface area contributed by atoms with E-state index in [4.69, 9.17) is 16.3 Å². The fourth-order valence-electron chi connectivity index (χ4n) is 2.75. The number of carbonyl (C=O) groups excluding carboxylic acids is 2. The zero-order valence-corrected chi connectivity index (χ0v) is 18.0. The van der Waals surface area contributed by atoms with Gasteiger partial charge in [0.2, 0.25) is 0 Å². The lowest BCUT2D eigenvalue weighted by atomic mass is 10.1. The van der Waals surface area contributed by atoms with Crippen LogP contribution in [0.4, 0.5) is 0 Å². The molecule has 1 aromatic carbocycles. The quantitative estimate of drug-likeness (QED) is 0.396. The molecule has 1 atom stereocenters. The van der Waals surface area contributed by atoms with Crippen molar-refractivity contribution >= 4 is 35.2 Å². The molecule has 1 heterocycles. The van der Waals surface area contributed by atoms with Crippen molar-refractivity contribution in [3.8, 4) is 0 Å². The third-order valence-corrected chi connectivity index (χ3v) is 5.04. The van der Waals surface area contributed by atoms with Gasteiger partial charge in [-0.2, -0.15) is 0 Å². The minimum atomic E-state index is -0.432. The normalized spacial score (nSPS) is 11.8. The van der Waals surface area contributed by atoms with Crippen LogP contribution in [0.2, 0.25) is 5.02 Å². The van der Waals surface area contributed by atoms with Crippen LogP contribution in [0.1, 0.15) is 41.9 Å². The van der Waals surface area contributed by atoms with Crippen molar-refractivity contribution in [3.05, 3.63) is 51.8 Å². The fraction of sp³-hybridized carbons (Fsp3) is 0.400. The van der Waals surface area contributed by atoms with Crippen LogP contribution in [0.15, 0.2) is 29.4 Å². The molecule has 2 aromatic rings. The van der Waals surface area contributed by atoms with Crippen molar-refractivity contribution in [2.75, 3.05) is 12.9 Å². The number of benzene rings is 1. The number of amides is 1. The Morgan fingerprint density at radius 2 is 1.93 bits per heavy atom. The summed E-state index contributed by atoms with van der Waals surface area (Å²) in [5.74, 6) is -0.792. The van der Waals surface area contributed by atoms with Crippen LogP contribution >= 0.6 is 23.4 Å². The molecule has 0 spiro atoms. The van der Waals surface area contributed by atoms with Gasteiger partial charge in [0, 0.05) is 22.8 Å². The molecule has 1 N–H and O–H groups in total. The van der Waals surface area contributed by atoms with E-state index in [-0.39, 0.29) is 25.0 Å². The number of ether oxygens (including phenoxy) is 1. The van der Waals surface area contributed by atoms with E-state index in [1.165, 1.54) is 11.8 Å². The monoisotopic (exact) mass is 421 g/mol. The molecule has 2 rings (SSSR count). The van der Waals surface area contributed by atoms with E-state index >= 15 is 0 Å². The first kappa shape index (κ1) is 22.2. The van der Waals surface area contributed by atoms with Gasteiger partial charge in [-0.15, -0.1) is 0 Å². The van der Waals surface area contributed by atoms with Crippen molar-refractivity contribution in [2.45, 2.75) is 44.8 Å². The van der Waals surface area contributed by atoms with Gasteiger partial charge in [-0.3, -0.25) is 9.59 Å². The van der Waals surface area contributed by atoms with Gasteiger partial charge in [-0.05, 0) is 56.7 Å². The van der Waals surface area contributed by atoms with Crippen molar-refractivity contribution < 1.29 is 14.3 Å². The number of aromatic nitrogens is 2. The lowest BCUT2D eigenvalue weighted by molar-refractivity contribution is -0.148. The average molecular weight is 422 g/mol. The summed E-state index contributed by atoms with van der Waals surface area (Å²) in [6, 6.07) is 7.01. The second kappa shape index (κ2) is 10.4. The third-order valence-electron chi connectivity index (χ3n) is 4.25. The van der Waals surface area contributed by atoms with E-state index in [0.29, 0.717) is 16.6 Å². The summed E-state index contributed by atoms with van der Waals surface area (Å²) in [5, 5.41) is 4.10. The van der Waals surface area contributed by atoms with E-state index in [1.54, 1.807) is 12.1 Å². The van der Waals surface area contributed by atoms with Crippen LogP contribution in [0.3, 0.4) is 0 Å². The zero-order valence-electron chi connectivity index (χ0n) is 16.4. The maximum Gasteiger partial charge on any atom is 0.306 e. The Kier molecular flexibility index (Phi) is 8.26. The van der Waals surface area contributed by atoms with Gasteiger partial charge < -0.3 is 10.1 Å². The van der Waals surface area contributed by atoms with Gasteiger partial charge in [-0.25, -0.2) is 9.97 Å². The summed E-state index contributed by atoms with van der Waals surface area (Å²) in [7, 11) is 0. The van der Waals surface area contributed by atoms with E-state index in [2.05, 4.69) is 15.3 Å². The Balaban J connectivity index is 1.80. The van der Waals surface area contributed by atoms with Crippen LogP contribution in [0.25, 0.3) is 0 Å². The van der Waals surface area contributed by atoms with Crippen LogP contribution in [0.5, 0.6) is 0 Å². The van der Waals surface area contributed by atoms with Crippen molar-refractivity contribution in [1.29, 1.82) is 0 Å². The Labute approximate surface area is 174 Å². The summed E-state index contributed by atoms with van der Waals surface area (Å²) in [6.07, 6.45) is 2.57. The summed E-state index contributed by atoms with van der Waals surface area (Å²) in [5.41, 5.74) is 3.54. The van der Waals surface area contributed by atoms with Gasteiger partial charge in [0.15, 0.2) is 11.8 Å². The molecule has 0 saturated heterocycles. The first-order valence-corrected chi connectivity index (χ1v) is 10.5. The Bertz CT molecular complexity index is 837. The highest BCUT2D eigenvalue weighted by atomic mass is 35.5. The molecule has 0 saturated carbocycles. The van der Waals surface area contributed by atoms with Gasteiger partial charge in [0.1, 0.15) is 0 Å². The van der Waals surface area contributed by atoms with Crippen molar-refractivity contribution in [1.82, 2.24) is 15.3 Å². The van der Waals surface area contributed by atoms with Crippen LogP contribution in [-0.2, 0) is 20.7 Å². The second-order valence-electron chi connectivity index (χ2n) is 6.36. The number of halogens is 1. The molecule has 0 fully saturated rings. The number of aryl methyl sites for hydroxylation is 2. The largest absolute Gasteiger partial charge is 0.456 e. The predicted molar refractivity (Wildman–Crippen MR) is 111 cm³/mol. The number of hydrogen-bond donors (Lipinski definition) is 1. The molecule has 6 nitrogen and oxygen atoms in total. The minimum absolute atomic E-state index is 0.167. The first-order chi connectivity index (χ1) is 13.3. The van der Waals surface area contributed by atoms with E-state index in [0.717, 1.165) is 22.5 Å². The summed E-state index contributed by atoms with van der Waals surface area (Å²) in [4.78, 5) is 32.8. The molecule has 1 amide bonds. The van der Waals surface area contributed by atoms with Gasteiger partial charge >= 0.3 is 5.97 Å². The molecule has 150 valence electrons. The highest BCUT2D eigenvalue weighted by Crippen LogP contribution is 2.18. The number of hydrogen-bond acceptors (Lipinski definition) is 6. The Morgan fingerprint density at radius 1 is 1.25 bits per heavy atom. The zero-order chi connectivity index (χ0) is 20.7. The molecule has 0 radical (unpaired) electrons. The van der Waals surface area contributed by atoms with E-state index in [9.17, 15) is 9.59 Å². The van der Waals surface area contributed by atoms with Gasteiger partial charge in [0.25, 0.3) is 5.91 Å². The number of nitrogens with one attached hydrogen (secondary N) is 1. The molecular formula is C20H24ClN3O3S. The standard InChI is InChI=1S/C20H24ClN3O3S/c1-12(15-6-5-7-16(21)10-15)22-18(25)11-27-19(26)9-8-17-13(2)23-20(28-4)24-14(17)3/h5-7,10,12H,8-9,11H2,1-4H3,(H,22,25)/t12-/m0/s1. The van der Waals surface area contributed by atoms with E-state index in [1.807, 2.05) is 39.2 Å². The predicted octanol–water partition coefficient (Wildman–Crippen LogP) is 3.82. The minimum Gasteiger partial charge on any atom is -0.456 e. The molecule has 28 heavy (non-hydrogen) atoms. The topological polar surface area (TPSA) is 81.2 Å². The summed E-state index contributed by atoms with van der Waals surface area (Å²) in [6.45, 7) is 5.33. The summed E-state index contributed by atoms with van der Waals surface area (Å²) >= 11 is 7.44. The van der Waals surface area contributed by atoms with Crippen LogP contribution in [0, 0.1) is 13.8 Å². The Morgan fingerprint density at radius 3 is 2.54 bits per heavy atom. The fourth-order valence-corrected chi connectivity index (χ4v) is 3.40. The SMILES string of the molecule is CSc1nc(C)c(CCC(=O)OCC(=O)N[C@@H](C)c2cccc(Cl)c2)c(C)n1. The lowest BCUT2D eigenvalue weighted by Gasteiger charge is -2.15. The van der Waals surface area contributed by atoms with Crippen LogP contribution < -0.4 is 5.32 Å². The lowest BCUT2D eigenvalue weighted by Crippen LogP contribution is -2.31. The molecule has 0 aliphatic carbocycles. The highest BCUT2D eigenvalue weighted by Gasteiger charge is 2.14. The number of carbonyl (C=O) groups is 2. The average Bonchev–Trinajstić information content (AvgIpc) is 2.65. The molecule has 1 aromatic heterocycles. The first-order valence-electron chi connectivity index (χ1n) is 8.88. The molecule has 0 unspecified atom stereocenters. The molecule has 0 aliphatic rings. The molecule has 0 bridgehead atoms. The van der Waals surface area contributed by atoms with Gasteiger partial charge in [-0.1, -0.05) is 35.5 Å². The smallest absolute Gasteiger partial charge is 0.306 e. The second-order valence-corrected chi connectivity index (χ2v) is 7.57. The van der Waals surface area contributed by atoms with Gasteiger partial charge in [0.05, 0.1) is 6.04 Å². The third kappa shape index (κ3) is 6.49. The number of nitrogens with zero attached hydrogens (tertiary/aromatic N) is 2. The molecule has 8 heteroatoms. The highest BCUT2D eigenvalue weighted by molar-refractivity contribution is 7.98. The van der Waals surface area contributed by atoms with Crippen molar-refractivity contribution in [2.24, 2.45) is 0 Å². The Hall–Kier alpha value is -2.12. The van der Waals surface area contributed by atoms with E-state index < -0.39 is 5.97 Å². The van der Waals surface area contributed by atoms with Crippen LogP contribution in [-0.4, -0.2) is 34.7 Å². The molecular weight excluding hydrogens is 398 g/mol. The number of thioether (sulfide) groups is 1. The maximum absolute atomic E-state index is 12.0. The number of esters is 1. The summed E-state index contributed by atoms with van der Waals surface area (Å²) < 4.78 is 5.09.